The zero-order valence-corrected chi connectivity index (χ0v) is 12.5. The molecule has 2 rings (SSSR count). The minimum atomic E-state index is -5.72. The van der Waals surface area contributed by atoms with Crippen molar-refractivity contribution in [2.75, 3.05) is 0 Å². The van der Waals surface area contributed by atoms with Crippen LogP contribution in [0.4, 0.5) is 13.2 Å². The van der Waals surface area contributed by atoms with Gasteiger partial charge in [0.25, 0.3) is 0 Å². The van der Waals surface area contributed by atoms with Gasteiger partial charge >= 0.3 is 15.6 Å². The van der Waals surface area contributed by atoms with Crippen LogP contribution in [-0.2, 0) is 10.1 Å². The molecule has 0 unspecified atom stereocenters. The Balaban J connectivity index is 2.52. The average molecular weight is 331 g/mol. The summed E-state index contributed by atoms with van der Waals surface area (Å²) in [5.41, 5.74) is -3.90. The molecule has 0 aliphatic heterocycles. The van der Waals surface area contributed by atoms with E-state index in [1.54, 1.807) is 37.3 Å². The quantitative estimate of drug-likeness (QED) is 0.637. The summed E-state index contributed by atoms with van der Waals surface area (Å²) >= 11 is 0. The Morgan fingerprint density at radius 1 is 1.09 bits per heavy atom. The molecule has 0 atom stereocenters. The number of rotatable bonds is 3. The van der Waals surface area contributed by atoms with E-state index in [9.17, 15) is 21.6 Å². The Morgan fingerprint density at radius 2 is 1.68 bits per heavy atom. The van der Waals surface area contributed by atoms with Gasteiger partial charge in [-0.3, -0.25) is 4.98 Å². The van der Waals surface area contributed by atoms with Gasteiger partial charge in [-0.25, -0.2) is 0 Å². The summed E-state index contributed by atoms with van der Waals surface area (Å²) in [5, 5.41) is 0. The molecule has 0 saturated heterocycles. The van der Waals surface area contributed by atoms with E-state index in [-0.39, 0.29) is 11.3 Å². The van der Waals surface area contributed by atoms with Crippen LogP contribution in [0.5, 0.6) is 5.75 Å². The summed E-state index contributed by atoms with van der Waals surface area (Å²) < 4.78 is 63.9. The van der Waals surface area contributed by atoms with Crippen LogP contribution in [0, 0.1) is 13.8 Å². The fraction of sp³-hybridized carbons (Fsp3) is 0.214. The molecule has 0 N–H and O–H groups in total. The van der Waals surface area contributed by atoms with Gasteiger partial charge in [0, 0.05) is 22.9 Å². The number of aromatic nitrogens is 1. The van der Waals surface area contributed by atoms with Crippen LogP contribution >= 0.6 is 0 Å². The van der Waals surface area contributed by atoms with Crippen molar-refractivity contribution in [3.63, 3.8) is 0 Å². The maximum Gasteiger partial charge on any atom is 0.534 e. The first-order chi connectivity index (χ1) is 10.1. The molecule has 1 heterocycles. The number of aryl methyl sites for hydroxylation is 1. The van der Waals surface area contributed by atoms with Gasteiger partial charge in [-0.1, -0.05) is 30.3 Å². The van der Waals surface area contributed by atoms with E-state index in [4.69, 9.17) is 0 Å². The van der Waals surface area contributed by atoms with E-state index in [0.29, 0.717) is 17.0 Å². The van der Waals surface area contributed by atoms with Crippen LogP contribution in [-0.4, -0.2) is 18.9 Å². The van der Waals surface area contributed by atoms with Gasteiger partial charge in [0.1, 0.15) is 5.75 Å². The molecule has 22 heavy (non-hydrogen) atoms. The van der Waals surface area contributed by atoms with Crippen molar-refractivity contribution in [1.29, 1.82) is 0 Å². The highest BCUT2D eigenvalue weighted by molar-refractivity contribution is 7.88. The number of nitrogens with zero attached hydrogens (tertiary/aromatic N) is 1. The maximum atomic E-state index is 12.4. The normalized spacial score (nSPS) is 12.2. The van der Waals surface area contributed by atoms with Crippen LogP contribution in [0.1, 0.15) is 11.3 Å². The van der Waals surface area contributed by atoms with Gasteiger partial charge in [-0.05, 0) is 13.8 Å². The first kappa shape index (κ1) is 16.3. The van der Waals surface area contributed by atoms with Crippen molar-refractivity contribution in [3.8, 4) is 17.0 Å². The third-order valence-electron chi connectivity index (χ3n) is 3.02. The molecule has 0 spiro atoms. The van der Waals surface area contributed by atoms with Crippen LogP contribution in [0.3, 0.4) is 0 Å². The van der Waals surface area contributed by atoms with E-state index < -0.39 is 15.6 Å². The van der Waals surface area contributed by atoms with E-state index >= 15 is 0 Å². The maximum absolute atomic E-state index is 12.4. The molecule has 1 aromatic heterocycles. The summed E-state index contributed by atoms with van der Waals surface area (Å²) in [6, 6.07) is 9.84. The highest BCUT2D eigenvalue weighted by Crippen LogP contribution is 2.32. The molecule has 118 valence electrons. The number of hydrogen-bond acceptors (Lipinski definition) is 4. The summed E-state index contributed by atoms with van der Waals surface area (Å²) in [5.74, 6) is -0.385. The lowest BCUT2D eigenvalue weighted by atomic mass is 10.1. The fourth-order valence-electron chi connectivity index (χ4n) is 1.72. The van der Waals surface area contributed by atoms with Gasteiger partial charge in [0.15, 0.2) is 0 Å². The Bertz CT molecular complexity index is 787. The highest BCUT2D eigenvalue weighted by Gasteiger charge is 2.48. The SMILES string of the molecule is Cc1nc(-c2ccccc2)cc(OS(=O)(=O)C(F)(F)F)c1C. The third kappa shape index (κ3) is 3.22. The van der Waals surface area contributed by atoms with Crippen molar-refractivity contribution in [2.24, 2.45) is 0 Å². The van der Waals surface area contributed by atoms with Gasteiger partial charge in [-0.2, -0.15) is 21.6 Å². The van der Waals surface area contributed by atoms with Crippen LogP contribution in [0.25, 0.3) is 11.3 Å². The molecule has 0 radical (unpaired) electrons. The number of pyridine rings is 1. The Labute approximate surface area is 125 Å². The van der Waals surface area contributed by atoms with E-state index in [0.717, 1.165) is 0 Å². The molecule has 2 aromatic rings. The molecule has 4 nitrogen and oxygen atoms in total. The minimum absolute atomic E-state index is 0.229. The number of halogens is 3. The van der Waals surface area contributed by atoms with Crippen molar-refractivity contribution in [2.45, 2.75) is 19.4 Å². The lowest BCUT2D eigenvalue weighted by molar-refractivity contribution is -0.0500. The van der Waals surface area contributed by atoms with E-state index in [1.165, 1.54) is 13.0 Å². The second-order valence-electron chi connectivity index (χ2n) is 4.57. The molecular weight excluding hydrogens is 319 g/mol. The standard InChI is InChI=1S/C14H12F3NO3S/c1-9-10(2)18-12(11-6-4-3-5-7-11)8-13(9)21-22(19,20)14(15,16)17/h3-8H,1-2H3. The lowest BCUT2D eigenvalue weighted by Gasteiger charge is -2.14. The number of hydrogen-bond donors (Lipinski definition) is 0. The Kier molecular flexibility index (Phi) is 4.15. The zero-order valence-electron chi connectivity index (χ0n) is 11.7. The van der Waals surface area contributed by atoms with Crippen molar-refractivity contribution in [1.82, 2.24) is 4.98 Å². The molecular formula is C14H12F3NO3S. The minimum Gasteiger partial charge on any atom is -0.376 e. The van der Waals surface area contributed by atoms with Crippen LogP contribution in [0.2, 0.25) is 0 Å². The summed E-state index contributed by atoms with van der Waals surface area (Å²) in [4.78, 5) is 4.24. The second-order valence-corrected chi connectivity index (χ2v) is 6.10. The van der Waals surface area contributed by atoms with E-state index in [1.807, 2.05) is 0 Å². The fourth-order valence-corrected chi connectivity index (χ4v) is 2.22. The van der Waals surface area contributed by atoms with Crippen molar-refractivity contribution < 1.29 is 25.8 Å². The van der Waals surface area contributed by atoms with Crippen molar-refractivity contribution >= 4 is 10.1 Å². The summed E-state index contributed by atoms with van der Waals surface area (Å²) in [6.45, 7) is 3.01. The molecule has 1 aromatic carbocycles. The molecule has 0 fully saturated rings. The molecule has 0 bridgehead atoms. The van der Waals surface area contributed by atoms with Gasteiger partial charge < -0.3 is 4.18 Å². The number of benzene rings is 1. The topological polar surface area (TPSA) is 56.3 Å². The van der Waals surface area contributed by atoms with Crippen LogP contribution < -0.4 is 4.18 Å². The molecule has 0 aliphatic rings. The molecule has 0 aliphatic carbocycles. The van der Waals surface area contributed by atoms with Crippen LogP contribution in [0.15, 0.2) is 36.4 Å². The van der Waals surface area contributed by atoms with Crippen molar-refractivity contribution in [3.05, 3.63) is 47.7 Å². The smallest absolute Gasteiger partial charge is 0.376 e. The summed E-state index contributed by atoms with van der Waals surface area (Å²) in [7, 11) is -5.72. The molecule has 0 saturated carbocycles. The third-order valence-corrected chi connectivity index (χ3v) is 3.99. The first-order valence-corrected chi connectivity index (χ1v) is 7.57. The average Bonchev–Trinajstić information content (AvgIpc) is 2.43. The van der Waals surface area contributed by atoms with Gasteiger partial charge in [0.2, 0.25) is 0 Å². The summed E-state index contributed by atoms with van der Waals surface area (Å²) in [6.07, 6.45) is 0. The largest absolute Gasteiger partial charge is 0.534 e. The second kappa shape index (κ2) is 5.60. The van der Waals surface area contributed by atoms with E-state index in [2.05, 4.69) is 9.17 Å². The monoisotopic (exact) mass is 331 g/mol. The van der Waals surface area contributed by atoms with Gasteiger partial charge in [-0.15, -0.1) is 0 Å². The predicted octanol–water partition coefficient (Wildman–Crippen LogP) is 3.59. The highest BCUT2D eigenvalue weighted by atomic mass is 32.2. The molecule has 0 amide bonds. The predicted molar refractivity (Wildman–Crippen MR) is 74.7 cm³/mol. The first-order valence-electron chi connectivity index (χ1n) is 6.16. The lowest BCUT2D eigenvalue weighted by Crippen LogP contribution is -2.28. The number of alkyl halides is 3. The Morgan fingerprint density at radius 3 is 2.23 bits per heavy atom. The molecule has 8 heteroatoms. The Hall–Kier alpha value is -2.09. The van der Waals surface area contributed by atoms with Gasteiger partial charge in [0.05, 0.1) is 5.69 Å². The zero-order chi connectivity index (χ0) is 16.5.